The molecule has 0 aliphatic heterocycles. The molecule has 10 nitrogen and oxygen atoms in total. The van der Waals surface area contributed by atoms with Crippen molar-refractivity contribution >= 4 is 30.1 Å². The average molecular weight is 705 g/mol. The minimum Gasteiger partial charge on any atom is -0.453 e. The fraction of sp³-hybridized carbons (Fsp3) is 0.310. The minimum absolute atomic E-state index is 0.0839. The van der Waals surface area contributed by atoms with Crippen molar-refractivity contribution in [2.45, 2.75) is 63.9 Å². The Kier molecular flexibility index (Phi) is 12.3. The van der Waals surface area contributed by atoms with Crippen molar-refractivity contribution in [2.75, 3.05) is 13.7 Å². The number of alkyl carbamates (subject to hydrolysis) is 1. The number of methoxy groups -OCH3 is 1. The van der Waals surface area contributed by atoms with Gasteiger partial charge in [-0.3, -0.25) is 15.0 Å². The van der Waals surface area contributed by atoms with Gasteiger partial charge in [0.05, 0.1) is 25.8 Å². The zero-order valence-corrected chi connectivity index (χ0v) is 30.1. The van der Waals surface area contributed by atoms with Gasteiger partial charge in [0.15, 0.2) is 5.60 Å². The van der Waals surface area contributed by atoms with Crippen LogP contribution < -0.4 is 16.1 Å². The predicted molar refractivity (Wildman–Crippen MR) is 201 cm³/mol. The molecule has 0 fully saturated rings. The minimum atomic E-state index is -2.08. The molecule has 0 unspecified atom stereocenters. The van der Waals surface area contributed by atoms with E-state index in [1.807, 2.05) is 142 Å². The molecule has 5 rings (SSSR count). The highest BCUT2D eigenvalue weighted by atomic mass is 16.5. The number of aliphatic hydroxyl groups excluding tert-OH is 1. The highest BCUT2D eigenvalue weighted by molar-refractivity contribution is 5.87. The number of hydrogen-bond acceptors (Lipinski definition) is 7. The maximum atomic E-state index is 14.3. The van der Waals surface area contributed by atoms with Crippen molar-refractivity contribution in [3.63, 3.8) is 0 Å². The molecule has 0 spiro atoms. The third-order valence-electron chi connectivity index (χ3n) is 9.14. The van der Waals surface area contributed by atoms with Gasteiger partial charge in [0.1, 0.15) is 6.04 Å². The molecule has 3 amide bonds. The predicted octanol–water partition coefficient (Wildman–Crippen LogP) is 5.21. The van der Waals surface area contributed by atoms with Crippen LogP contribution in [0.15, 0.2) is 109 Å². The second-order valence-corrected chi connectivity index (χ2v) is 14.4. The molecular formula is C42H48N4O6. The van der Waals surface area contributed by atoms with Crippen LogP contribution in [0.1, 0.15) is 60.2 Å². The number of ether oxygens (including phenoxy) is 1. The Morgan fingerprint density at radius 1 is 0.865 bits per heavy atom. The van der Waals surface area contributed by atoms with Crippen LogP contribution in [0.3, 0.4) is 0 Å². The molecule has 0 saturated heterocycles. The van der Waals surface area contributed by atoms with E-state index in [1.54, 1.807) is 0 Å². The summed E-state index contributed by atoms with van der Waals surface area (Å²) < 4.78 is 4.81. The van der Waals surface area contributed by atoms with E-state index in [9.17, 15) is 24.6 Å². The SMILES string of the molecule is COC(=O)N[C@H](C(=O)NN(Cc1cccc(C=Cc2ccccc2)c1)C[C@](O)(Cc1ccccc1)C(=O)N[C@H]1c2ccccc2C[C@H]1O)C(C)(C)C. The Morgan fingerprint density at radius 3 is 2.17 bits per heavy atom. The van der Waals surface area contributed by atoms with Crippen LogP contribution in [0.5, 0.6) is 0 Å². The van der Waals surface area contributed by atoms with E-state index in [0.29, 0.717) is 12.0 Å². The molecule has 4 aromatic carbocycles. The third-order valence-corrected chi connectivity index (χ3v) is 9.14. The molecule has 4 atom stereocenters. The lowest BCUT2D eigenvalue weighted by molar-refractivity contribution is -0.147. The second-order valence-electron chi connectivity index (χ2n) is 14.4. The van der Waals surface area contributed by atoms with Crippen molar-refractivity contribution in [3.8, 4) is 0 Å². The monoisotopic (exact) mass is 704 g/mol. The van der Waals surface area contributed by atoms with Gasteiger partial charge in [-0.1, -0.05) is 142 Å². The number of carbonyl (C=O) groups is 3. The lowest BCUT2D eigenvalue weighted by Gasteiger charge is -2.37. The highest BCUT2D eigenvalue weighted by Crippen LogP contribution is 2.32. The molecule has 0 saturated carbocycles. The van der Waals surface area contributed by atoms with Gasteiger partial charge in [-0.15, -0.1) is 0 Å². The third kappa shape index (κ3) is 9.94. The van der Waals surface area contributed by atoms with Crippen LogP contribution >= 0.6 is 0 Å². The maximum Gasteiger partial charge on any atom is 0.407 e. The summed E-state index contributed by atoms with van der Waals surface area (Å²) in [5.74, 6) is -1.25. The number of hydrazine groups is 1. The highest BCUT2D eigenvalue weighted by Gasteiger charge is 2.43. The summed E-state index contributed by atoms with van der Waals surface area (Å²) >= 11 is 0. The summed E-state index contributed by atoms with van der Waals surface area (Å²) in [6.07, 6.45) is 2.64. The summed E-state index contributed by atoms with van der Waals surface area (Å²) in [4.78, 5) is 40.6. The molecule has 272 valence electrons. The Morgan fingerprint density at radius 2 is 1.48 bits per heavy atom. The summed E-state index contributed by atoms with van der Waals surface area (Å²) in [5.41, 5.74) is 5.27. The molecule has 1 aliphatic rings. The van der Waals surface area contributed by atoms with Gasteiger partial charge in [-0.05, 0) is 38.8 Å². The number of fused-ring (bicyclic) bond motifs is 1. The quantitative estimate of drug-likeness (QED) is 0.0952. The van der Waals surface area contributed by atoms with Crippen LogP contribution in [0.25, 0.3) is 12.2 Å². The van der Waals surface area contributed by atoms with Gasteiger partial charge in [0, 0.05) is 19.4 Å². The maximum absolute atomic E-state index is 14.3. The van der Waals surface area contributed by atoms with Crippen molar-refractivity contribution in [3.05, 3.63) is 143 Å². The second kappa shape index (κ2) is 16.8. The van der Waals surface area contributed by atoms with E-state index in [2.05, 4.69) is 16.1 Å². The number of amides is 3. The molecule has 4 aromatic rings. The molecule has 0 bridgehead atoms. The fourth-order valence-electron chi connectivity index (χ4n) is 6.46. The first kappa shape index (κ1) is 38.0. The van der Waals surface area contributed by atoms with E-state index >= 15 is 0 Å². The normalized spacial score (nSPS) is 17.2. The average Bonchev–Trinajstić information content (AvgIpc) is 3.44. The Hall–Kier alpha value is -5.29. The first-order valence-electron chi connectivity index (χ1n) is 17.4. The number of rotatable bonds is 13. The molecule has 1 aliphatic carbocycles. The lowest BCUT2D eigenvalue weighted by atomic mass is 9.86. The molecule has 5 N–H and O–H groups in total. The van der Waals surface area contributed by atoms with Gasteiger partial charge in [-0.25, -0.2) is 9.80 Å². The van der Waals surface area contributed by atoms with Crippen LogP contribution in [0.4, 0.5) is 4.79 Å². The van der Waals surface area contributed by atoms with Gasteiger partial charge in [0.25, 0.3) is 11.8 Å². The van der Waals surface area contributed by atoms with Crippen molar-refractivity contribution < 1.29 is 29.3 Å². The largest absolute Gasteiger partial charge is 0.453 e. The topological polar surface area (TPSA) is 140 Å². The number of carbonyl (C=O) groups excluding carboxylic acids is 3. The lowest BCUT2D eigenvalue weighted by Crippen LogP contribution is -2.62. The molecule has 52 heavy (non-hydrogen) atoms. The first-order valence-corrected chi connectivity index (χ1v) is 17.4. The summed E-state index contributed by atoms with van der Waals surface area (Å²) in [6.45, 7) is 5.20. The van der Waals surface area contributed by atoms with Crippen LogP contribution in [0.2, 0.25) is 0 Å². The van der Waals surface area contributed by atoms with E-state index in [-0.39, 0.29) is 19.5 Å². The molecular weight excluding hydrogens is 656 g/mol. The molecule has 10 heteroatoms. The molecule has 0 aromatic heterocycles. The zero-order chi connectivity index (χ0) is 37.3. The number of nitrogens with one attached hydrogen (secondary N) is 3. The van der Waals surface area contributed by atoms with E-state index in [4.69, 9.17) is 4.74 Å². The number of aliphatic hydroxyl groups is 2. The van der Waals surface area contributed by atoms with Gasteiger partial charge in [-0.2, -0.15) is 0 Å². The van der Waals surface area contributed by atoms with Gasteiger partial charge < -0.3 is 25.6 Å². The zero-order valence-electron chi connectivity index (χ0n) is 30.1. The number of hydrogen-bond donors (Lipinski definition) is 5. The number of benzene rings is 4. The van der Waals surface area contributed by atoms with Crippen LogP contribution in [0, 0.1) is 5.41 Å². The molecule has 0 heterocycles. The van der Waals surface area contributed by atoms with Gasteiger partial charge >= 0.3 is 6.09 Å². The van der Waals surface area contributed by atoms with E-state index in [0.717, 1.165) is 27.8 Å². The first-order chi connectivity index (χ1) is 24.8. The summed E-state index contributed by atoms with van der Waals surface area (Å²) in [7, 11) is 1.22. The smallest absolute Gasteiger partial charge is 0.407 e. The molecule has 0 radical (unpaired) electrons. The van der Waals surface area contributed by atoms with E-state index in [1.165, 1.54) is 12.1 Å². The van der Waals surface area contributed by atoms with Crippen LogP contribution in [-0.4, -0.2) is 64.5 Å². The standard InChI is InChI=1S/C42H48N4O6/c1-41(2,3)37(44-40(50)52-4)38(48)45-46(27-32-19-13-18-30(24-32)23-22-29-14-7-5-8-15-29)28-42(51,26-31-16-9-6-10-17-31)39(49)43-36-34-21-12-11-20-33(34)25-35(36)47/h5-24,35-37,47,51H,25-28H2,1-4H3,(H,43,49)(H,44,50)(H,45,48)/t35-,36+,37-,42-/m1/s1. The van der Waals surface area contributed by atoms with Crippen molar-refractivity contribution in [2.24, 2.45) is 5.41 Å². The van der Waals surface area contributed by atoms with Gasteiger partial charge in [0.2, 0.25) is 0 Å². The summed E-state index contributed by atoms with van der Waals surface area (Å²) in [6, 6.07) is 32.5. The summed E-state index contributed by atoms with van der Waals surface area (Å²) in [5, 5.41) is 30.5. The Bertz CT molecular complexity index is 1860. The Labute approximate surface area is 305 Å². The van der Waals surface area contributed by atoms with Crippen molar-refractivity contribution in [1.82, 2.24) is 21.1 Å². The number of nitrogens with zero attached hydrogens (tertiary/aromatic N) is 1. The van der Waals surface area contributed by atoms with E-state index < -0.39 is 47.1 Å². The fourth-order valence-corrected chi connectivity index (χ4v) is 6.46. The Balaban J connectivity index is 1.48. The van der Waals surface area contributed by atoms with Crippen LogP contribution in [-0.2, 0) is 33.7 Å². The van der Waals surface area contributed by atoms with Crippen molar-refractivity contribution in [1.29, 1.82) is 0 Å².